The van der Waals surface area contributed by atoms with Crippen LogP contribution >= 0.6 is 0 Å². The summed E-state index contributed by atoms with van der Waals surface area (Å²) in [4.78, 5) is 0. The first-order valence-corrected chi connectivity index (χ1v) is 12.1. The number of rotatable bonds is 6. The van der Waals surface area contributed by atoms with Crippen molar-refractivity contribution in [1.82, 2.24) is 0 Å². The van der Waals surface area contributed by atoms with E-state index in [1.165, 1.54) is 44.6 Å². The molecule has 2 fully saturated rings. The van der Waals surface area contributed by atoms with Crippen molar-refractivity contribution in [2.75, 3.05) is 0 Å². The number of benzene rings is 2. The molecule has 2 saturated carbocycles. The second-order valence-corrected chi connectivity index (χ2v) is 9.75. The molecule has 0 spiro atoms. The Morgan fingerprint density at radius 1 is 1.00 bits per heavy atom. The number of halogens is 2. The summed E-state index contributed by atoms with van der Waals surface area (Å²) in [5.74, 6) is 1.98. The minimum Gasteiger partial charge on any atom is -0.206 e. The van der Waals surface area contributed by atoms with E-state index in [0.29, 0.717) is 5.39 Å². The Labute approximate surface area is 180 Å². The van der Waals surface area contributed by atoms with Gasteiger partial charge in [-0.15, -0.1) is 0 Å². The van der Waals surface area contributed by atoms with E-state index in [2.05, 4.69) is 13.0 Å². The number of hydrogen-bond donors (Lipinski definition) is 0. The van der Waals surface area contributed by atoms with E-state index in [9.17, 15) is 4.39 Å². The van der Waals surface area contributed by atoms with E-state index in [1.807, 2.05) is 31.2 Å². The Bertz CT molecular complexity index is 897. The predicted octanol–water partition coefficient (Wildman–Crippen LogP) is 8.73. The molecule has 4 unspecified atom stereocenters. The molecular formula is C28H36F2. The van der Waals surface area contributed by atoms with Crippen LogP contribution in [0.25, 0.3) is 10.8 Å². The number of hydrogen-bond acceptors (Lipinski definition) is 0. The summed E-state index contributed by atoms with van der Waals surface area (Å²) in [5, 5.41) is 0.886. The van der Waals surface area contributed by atoms with Gasteiger partial charge in [0.05, 0.1) is 5.39 Å². The molecule has 4 atom stereocenters. The molecule has 4 rings (SSSR count). The molecule has 2 aliphatic rings. The molecule has 0 saturated heterocycles. The van der Waals surface area contributed by atoms with Crippen molar-refractivity contribution >= 4 is 10.8 Å². The first kappa shape index (κ1) is 21.5. The van der Waals surface area contributed by atoms with Crippen LogP contribution in [0.15, 0.2) is 36.4 Å². The first-order chi connectivity index (χ1) is 14.6. The molecule has 2 aromatic carbocycles. The van der Waals surface area contributed by atoms with Gasteiger partial charge in [-0.05, 0) is 98.1 Å². The third-order valence-electron chi connectivity index (χ3n) is 7.79. The fraction of sp³-hybridized carbons (Fsp3) is 0.571. The topological polar surface area (TPSA) is 0 Å². The highest BCUT2D eigenvalue weighted by molar-refractivity contribution is 5.85. The molecule has 0 aromatic heterocycles. The van der Waals surface area contributed by atoms with Crippen molar-refractivity contribution in [3.8, 4) is 0 Å². The van der Waals surface area contributed by atoms with Crippen LogP contribution in [-0.2, 0) is 6.42 Å². The van der Waals surface area contributed by atoms with E-state index in [0.717, 1.165) is 54.6 Å². The van der Waals surface area contributed by atoms with Gasteiger partial charge in [0, 0.05) is 0 Å². The normalized spacial score (nSPS) is 26.9. The molecule has 2 heteroatoms. The van der Waals surface area contributed by atoms with Gasteiger partial charge in [0.25, 0.3) is 0 Å². The molecule has 30 heavy (non-hydrogen) atoms. The van der Waals surface area contributed by atoms with Crippen LogP contribution in [0, 0.1) is 29.4 Å². The number of aryl methyl sites for hydroxylation is 1. The van der Waals surface area contributed by atoms with Crippen LogP contribution < -0.4 is 0 Å². The summed E-state index contributed by atoms with van der Waals surface area (Å²) in [6.07, 6.45) is 15.7. The zero-order valence-corrected chi connectivity index (χ0v) is 18.6. The summed E-state index contributed by atoms with van der Waals surface area (Å²) in [7, 11) is 0. The van der Waals surface area contributed by atoms with Crippen molar-refractivity contribution in [3.05, 3.63) is 59.2 Å². The molecule has 0 heterocycles. The van der Waals surface area contributed by atoms with Crippen molar-refractivity contribution < 1.29 is 8.78 Å². The quantitative estimate of drug-likeness (QED) is 0.418. The fourth-order valence-electron chi connectivity index (χ4n) is 6.26. The van der Waals surface area contributed by atoms with Gasteiger partial charge in [0.1, 0.15) is 11.6 Å². The zero-order valence-electron chi connectivity index (χ0n) is 18.6. The van der Waals surface area contributed by atoms with Crippen LogP contribution in [-0.4, -0.2) is 0 Å². The molecule has 0 nitrogen and oxygen atoms in total. The number of allylic oxidation sites excluding steroid dienone is 2. The maximum absolute atomic E-state index is 15.5. The van der Waals surface area contributed by atoms with Gasteiger partial charge in [-0.1, -0.05) is 56.5 Å². The Kier molecular flexibility index (Phi) is 6.91. The van der Waals surface area contributed by atoms with Crippen LogP contribution in [0.4, 0.5) is 8.78 Å². The van der Waals surface area contributed by atoms with Gasteiger partial charge < -0.3 is 0 Å². The predicted molar refractivity (Wildman–Crippen MR) is 123 cm³/mol. The molecule has 0 bridgehead atoms. The Morgan fingerprint density at radius 3 is 2.60 bits per heavy atom. The van der Waals surface area contributed by atoms with Gasteiger partial charge in [-0.3, -0.25) is 0 Å². The van der Waals surface area contributed by atoms with Crippen LogP contribution in [0.2, 0.25) is 0 Å². The van der Waals surface area contributed by atoms with Crippen molar-refractivity contribution in [2.45, 2.75) is 84.0 Å². The van der Waals surface area contributed by atoms with Crippen molar-refractivity contribution in [2.24, 2.45) is 17.8 Å². The second kappa shape index (κ2) is 9.62. The van der Waals surface area contributed by atoms with Gasteiger partial charge in [-0.2, -0.15) is 0 Å². The Balaban J connectivity index is 1.53. The maximum atomic E-state index is 15.5. The van der Waals surface area contributed by atoms with E-state index in [4.69, 9.17) is 0 Å². The maximum Gasteiger partial charge on any atom is 0.137 e. The van der Waals surface area contributed by atoms with Gasteiger partial charge in [0.15, 0.2) is 0 Å². The summed E-state index contributed by atoms with van der Waals surface area (Å²) < 4.78 is 30.4. The molecule has 2 aliphatic carbocycles. The standard InChI is InChI=1S/C28H36F2/c1-3-5-6-8-20-16-24-13-14-25(28(30)27(24)26(29)17-20)23-12-11-21-15-19(7-4-2)9-10-22(21)18-23/h3,5,13-14,16-17,19,21-23H,4,6-12,15,18H2,1-2H3. The van der Waals surface area contributed by atoms with Crippen LogP contribution in [0.1, 0.15) is 88.7 Å². The highest BCUT2D eigenvalue weighted by Crippen LogP contribution is 2.49. The zero-order chi connectivity index (χ0) is 21.1. The third-order valence-corrected chi connectivity index (χ3v) is 7.79. The fourth-order valence-corrected chi connectivity index (χ4v) is 6.26. The average molecular weight is 411 g/mol. The molecular weight excluding hydrogens is 374 g/mol. The smallest absolute Gasteiger partial charge is 0.137 e. The lowest BCUT2D eigenvalue weighted by Gasteiger charge is -2.42. The lowest BCUT2D eigenvalue weighted by molar-refractivity contribution is 0.113. The Hall–Kier alpha value is -1.70. The second-order valence-electron chi connectivity index (χ2n) is 9.75. The molecule has 0 aliphatic heterocycles. The molecule has 162 valence electrons. The minimum atomic E-state index is -0.406. The summed E-state index contributed by atoms with van der Waals surface area (Å²) in [6, 6.07) is 7.38. The largest absolute Gasteiger partial charge is 0.206 e. The Morgan fingerprint density at radius 2 is 1.80 bits per heavy atom. The van der Waals surface area contributed by atoms with Crippen molar-refractivity contribution in [1.29, 1.82) is 0 Å². The molecule has 0 radical (unpaired) electrons. The minimum absolute atomic E-state index is 0.191. The summed E-state index contributed by atoms with van der Waals surface area (Å²) in [6.45, 7) is 4.28. The third kappa shape index (κ3) is 4.48. The van der Waals surface area contributed by atoms with Crippen LogP contribution in [0.3, 0.4) is 0 Å². The van der Waals surface area contributed by atoms with Gasteiger partial charge >= 0.3 is 0 Å². The highest BCUT2D eigenvalue weighted by Gasteiger charge is 2.36. The summed E-state index contributed by atoms with van der Waals surface area (Å²) in [5.41, 5.74) is 1.69. The summed E-state index contributed by atoms with van der Waals surface area (Å²) >= 11 is 0. The van der Waals surface area contributed by atoms with E-state index in [1.54, 1.807) is 0 Å². The van der Waals surface area contributed by atoms with Crippen molar-refractivity contribution in [3.63, 3.8) is 0 Å². The first-order valence-electron chi connectivity index (χ1n) is 12.1. The number of fused-ring (bicyclic) bond motifs is 2. The highest BCUT2D eigenvalue weighted by atomic mass is 19.1. The van der Waals surface area contributed by atoms with Gasteiger partial charge in [0.2, 0.25) is 0 Å². The van der Waals surface area contributed by atoms with E-state index < -0.39 is 5.82 Å². The van der Waals surface area contributed by atoms with Gasteiger partial charge in [-0.25, -0.2) is 8.78 Å². The lowest BCUT2D eigenvalue weighted by atomic mass is 9.63. The lowest BCUT2D eigenvalue weighted by Crippen LogP contribution is -2.30. The molecule has 2 aromatic rings. The molecule has 0 amide bonds. The van der Waals surface area contributed by atoms with E-state index >= 15 is 4.39 Å². The average Bonchev–Trinajstić information content (AvgIpc) is 2.74. The SMILES string of the molecule is CC=CCCc1cc(F)c2c(F)c(C3CCC4CC(CCC)CCC4C3)ccc2c1. The molecule has 0 N–H and O–H groups in total. The van der Waals surface area contributed by atoms with Crippen LogP contribution in [0.5, 0.6) is 0 Å². The van der Waals surface area contributed by atoms with E-state index in [-0.39, 0.29) is 17.1 Å². The monoisotopic (exact) mass is 410 g/mol.